The smallest absolute Gasteiger partial charge is 0.326 e. The number of carboxylic acids is 1. The second kappa shape index (κ2) is 5.04. The average Bonchev–Trinajstić information content (AvgIpc) is 2.71. The van der Waals surface area contributed by atoms with Gasteiger partial charge in [-0.3, -0.25) is 4.79 Å². The average molecular weight is 241 g/mol. The fraction of sp³-hybridized carbons (Fsp3) is 0.833. The third-order valence-electron chi connectivity index (χ3n) is 3.69. The van der Waals surface area contributed by atoms with Gasteiger partial charge in [-0.05, 0) is 31.6 Å². The van der Waals surface area contributed by atoms with Crippen LogP contribution in [-0.4, -0.2) is 47.2 Å². The van der Waals surface area contributed by atoms with E-state index >= 15 is 0 Å². The molecule has 0 aromatic rings. The van der Waals surface area contributed by atoms with Gasteiger partial charge >= 0.3 is 5.97 Å². The van der Waals surface area contributed by atoms with Crippen LogP contribution in [0.5, 0.6) is 0 Å². The lowest BCUT2D eigenvalue weighted by molar-refractivity contribution is -0.156. The molecule has 3 unspecified atom stereocenters. The number of carbonyl (C=O) groups excluding carboxylic acids is 1. The highest BCUT2D eigenvalue weighted by Gasteiger charge is 2.42. The molecule has 3 atom stereocenters. The Morgan fingerprint density at radius 1 is 1.29 bits per heavy atom. The second-order valence-electron chi connectivity index (χ2n) is 4.94. The number of ether oxygens (including phenoxy) is 1. The van der Waals surface area contributed by atoms with Crippen LogP contribution in [0.4, 0.5) is 0 Å². The zero-order valence-electron chi connectivity index (χ0n) is 10.1. The molecule has 2 aliphatic heterocycles. The van der Waals surface area contributed by atoms with Gasteiger partial charge in [-0.1, -0.05) is 6.92 Å². The molecule has 17 heavy (non-hydrogen) atoms. The minimum atomic E-state index is -0.904. The van der Waals surface area contributed by atoms with Gasteiger partial charge in [-0.25, -0.2) is 4.79 Å². The van der Waals surface area contributed by atoms with Crippen molar-refractivity contribution in [2.75, 3.05) is 13.2 Å². The van der Waals surface area contributed by atoms with Crippen molar-refractivity contribution < 1.29 is 19.4 Å². The van der Waals surface area contributed by atoms with E-state index in [-0.39, 0.29) is 11.8 Å². The highest BCUT2D eigenvalue weighted by atomic mass is 16.5. The first-order valence-electron chi connectivity index (χ1n) is 6.26. The van der Waals surface area contributed by atoms with Gasteiger partial charge < -0.3 is 14.7 Å². The molecule has 0 bridgehead atoms. The summed E-state index contributed by atoms with van der Waals surface area (Å²) in [4.78, 5) is 24.9. The van der Waals surface area contributed by atoms with E-state index in [0.717, 1.165) is 25.7 Å². The second-order valence-corrected chi connectivity index (χ2v) is 4.94. The van der Waals surface area contributed by atoms with Crippen molar-refractivity contribution in [2.24, 2.45) is 5.92 Å². The number of rotatable bonds is 2. The normalized spacial score (nSPS) is 33.7. The molecule has 2 saturated heterocycles. The molecule has 5 nitrogen and oxygen atoms in total. The summed E-state index contributed by atoms with van der Waals surface area (Å²) in [6.07, 6.45) is 3.03. The first-order chi connectivity index (χ1) is 8.11. The number of aliphatic carboxylic acids is 1. The zero-order valence-corrected chi connectivity index (χ0v) is 10.1. The van der Waals surface area contributed by atoms with Gasteiger partial charge in [-0.2, -0.15) is 0 Å². The third kappa shape index (κ3) is 2.44. The SMILES string of the molecule is CC1CCN(C(=O)C2CCCCO2)C1C(=O)O. The van der Waals surface area contributed by atoms with Crippen LogP contribution in [0.15, 0.2) is 0 Å². The molecule has 2 heterocycles. The Labute approximate surface area is 101 Å². The van der Waals surface area contributed by atoms with Crippen molar-refractivity contribution in [1.29, 1.82) is 0 Å². The van der Waals surface area contributed by atoms with Crippen LogP contribution < -0.4 is 0 Å². The van der Waals surface area contributed by atoms with E-state index in [1.165, 1.54) is 4.90 Å². The van der Waals surface area contributed by atoms with Gasteiger partial charge in [0, 0.05) is 13.2 Å². The molecule has 0 spiro atoms. The summed E-state index contributed by atoms with van der Waals surface area (Å²) in [6.45, 7) is 3.03. The summed E-state index contributed by atoms with van der Waals surface area (Å²) in [5.74, 6) is -1.01. The molecule has 0 aromatic carbocycles. The van der Waals surface area contributed by atoms with Crippen molar-refractivity contribution in [2.45, 2.75) is 44.8 Å². The molecule has 1 N–H and O–H groups in total. The van der Waals surface area contributed by atoms with E-state index < -0.39 is 18.1 Å². The van der Waals surface area contributed by atoms with E-state index in [0.29, 0.717) is 13.2 Å². The molecule has 96 valence electrons. The molecular weight excluding hydrogens is 222 g/mol. The lowest BCUT2D eigenvalue weighted by Gasteiger charge is -2.29. The Hall–Kier alpha value is -1.10. The van der Waals surface area contributed by atoms with Gasteiger partial charge in [0.05, 0.1) is 0 Å². The van der Waals surface area contributed by atoms with Crippen molar-refractivity contribution >= 4 is 11.9 Å². The lowest BCUT2D eigenvalue weighted by atomic mass is 10.0. The van der Waals surface area contributed by atoms with E-state index in [2.05, 4.69) is 0 Å². The molecular formula is C12H19NO4. The number of carbonyl (C=O) groups is 2. The molecule has 2 rings (SSSR count). The Morgan fingerprint density at radius 3 is 2.65 bits per heavy atom. The Morgan fingerprint density at radius 2 is 2.06 bits per heavy atom. The summed E-state index contributed by atoms with van der Waals surface area (Å²) >= 11 is 0. The van der Waals surface area contributed by atoms with E-state index in [9.17, 15) is 9.59 Å². The Bertz CT molecular complexity index is 312. The summed E-state index contributed by atoms with van der Waals surface area (Å²) in [5, 5.41) is 9.17. The van der Waals surface area contributed by atoms with Crippen LogP contribution in [0.3, 0.4) is 0 Å². The molecule has 1 amide bonds. The van der Waals surface area contributed by atoms with Gasteiger partial charge in [0.1, 0.15) is 12.1 Å². The minimum absolute atomic E-state index is 0.0278. The van der Waals surface area contributed by atoms with Crippen LogP contribution in [-0.2, 0) is 14.3 Å². The van der Waals surface area contributed by atoms with Gasteiger partial charge in [0.15, 0.2) is 0 Å². The summed E-state index contributed by atoms with van der Waals surface area (Å²) < 4.78 is 5.43. The number of amides is 1. The molecule has 2 aliphatic rings. The van der Waals surface area contributed by atoms with Gasteiger partial charge in [0.2, 0.25) is 0 Å². The fourth-order valence-corrected chi connectivity index (χ4v) is 2.69. The van der Waals surface area contributed by atoms with E-state index in [1.54, 1.807) is 0 Å². The summed E-state index contributed by atoms with van der Waals surface area (Å²) in [7, 11) is 0. The maximum Gasteiger partial charge on any atom is 0.326 e. The maximum absolute atomic E-state index is 12.2. The van der Waals surface area contributed by atoms with Crippen LogP contribution in [0.1, 0.15) is 32.6 Å². The van der Waals surface area contributed by atoms with Crippen molar-refractivity contribution in [3.8, 4) is 0 Å². The predicted octanol–water partition coefficient (Wildman–Crippen LogP) is 0.877. The molecule has 2 fully saturated rings. The standard InChI is InChI=1S/C12H19NO4/c1-8-5-6-13(10(8)12(15)16)11(14)9-4-2-3-7-17-9/h8-10H,2-7H2,1H3,(H,15,16). The molecule has 0 radical (unpaired) electrons. The number of likely N-dealkylation sites (tertiary alicyclic amines) is 1. The van der Waals surface area contributed by atoms with Crippen molar-refractivity contribution in [3.05, 3.63) is 0 Å². The van der Waals surface area contributed by atoms with Crippen LogP contribution in [0, 0.1) is 5.92 Å². The first-order valence-corrected chi connectivity index (χ1v) is 6.26. The number of carboxylic acid groups (broad SMARTS) is 1. The van der Waals surface area contributed by atoms with Crippen LogP contribution in [0.25, 0.3) is 0 Å². The van der Waals surface area contributed by atoms with Crippen LogP contribution >= 0.6 is 0 Å². The Kier molecular flexibility index (Phi) is 3.66. The predicted molar refractivity (Wildman–Crippen MR) is 60.5 cm³/mol. The molecule has 0 aliphatic carbocycles. The first kappa shape index (κ1) is 12.4. The Balaban J connectivity index is 2.05. The van der Waals surface area contributed by atoms with E-state index in [4.69, 9.17) is 9.84 Å². The van der Waals surface area contributed by atoms with E-state index in [1.807, 2.05) is 6.92 Å². The maximum atomic E-state index is 12.2. The molecule has 5 heteroatoms. The highest BCUT2D eigenvalue weighted by Crippen LogP contribution is 2.26. The fourth-order valence-electron chi connectivity index (χ4n) is 2.69. The van der Waals surface area contributed by atoms with Crippen molar-refractivity contribution in [1.82, 2.24) is 4.90 Å². The zero-order chi connectivity index (χ0) is 12.4. The number of hydrogen-bond donors (Lipinski definition) is 1. The largest absolute Gasteiger partial charge is 0.480 e. The number of hydrogen-bond acceptors (Lipinski definition) is 3. The topological polar surface area (TPSA) is 66.8 Å². The van der Waals surface area contributed by atoms with Gasteiger partial charge in [-0.15, -0.1) is 0 Å². The third-order valence-corrected chi connectivity index (χ3v) is 3.69. The monoisotopic (exact) mass is 241 g/mol. The minimum Gasteiger partial charge on any atom is -0.480 e. The number of nitrogens with zero attached hydrogens (tertiary/aromatic N) is 1. The quantitative estimate of drug-likeness (QED) is 0.779. The lowest BCUT2D eigenvalue weighted by Crippen LogP contribution is -2.48. The van der Waals surface area contributed by atoms with Gasteiger partial charge in [0.25, 0.3) is 5.91 Å². The summed E-state index contributed by atoms with van der Waals surface area (Å²) in [6, 6.07) is -0.673. The highest BCUT2D eigenvalue weighted by molar-refractivity contribution is 5.87. The van der Waals surface area contributed by atoms with Crippen molar-refractivity contribution in [3.63, 3.8) is 0 Å². The molecule has 0 saturated carbocycles. The summed E-state index contributed by atoms with van der Waals surface area (Å²) in [5.41, 5.74) is 0. The molecule has 0 aromatic heterocycles. The van der Waals surface area contributed by atoms with Crippen LogP contribution in [0.2, 0.25) is 0 Å².